The molecule has 0 aliphatic heterocycles. The molecule has 8 N–H and O–H groups in total. The monoisotopic (exact) mass is 865 g/mol. The Balaban J connectivity index is 1.47. The number of halogens is 1. The maximum absolute atomic E-state index is 13.2. The highest BCUT2D eigenvalue weighted by molar-refractivity contribution is 5.97. The standard InChI is InChI=1S/C41H47FN6O14/c42-33-15-11-27(21-44-33)37(54)45-22-29(50)20-28(39(56)57)18-26-9-12-30(13-10-26)61-23-34(51)46-32(19-25-6-2-1-3-7-25)38(55)43-17-5-4-8-35(62-24-49)48-41(60)47-31(40(58)59)14-16-36(52)53/h1-3,6-7,9-13,15,21,24,28,31-32,35H,4-5,8,14,16-20,22-23H2,(H,43,55)(H,45,54)(H,46,51)(H,52,53)(H,56,57)(H,58,59)(H2,47,48,60)/t28-,31+,32+,35-/m1/s1/i42-1. The topological polar surface area (TPSA) is 306 Å². The summed E-state index contributed by atoms with van der Waals surface area (Å²) in [6.07, 6.45) is -0.553. The zero-order chi connectivity index (χ0) is 45.4. The van der Waals surface area contributed by atoms with Gasteiger partial charge in [0.1, 0.15) is 17.8 Å². The van der Waals surface area contributed by atoms with Crippen molar-refractivity contribution >= 4 is 53.9 Å². The number of amides is 5. The number of unbranched alkanes of at least 4 members (excludes halogenated alkanes) is 1. The summed E-state index contributed by atoms with van der Waals surface area (Å²) < 4.78 is 23.5. The summed E-state index contributed by atoms with van der Waals surface area (Å²) in [6, 6.07) is 13.7. The lowest BCUT2D eigenvalue weighted by atomic mass is 9.94. The second-order valence-electron chi connectivity index (χ2n) is 13.7. The van der Waals surface area contributed by atoms with Gasteiger partial charge in [-0.15, -0.1) is 0 Å². The lowest BCUT2D eigenvalue weighted by Crippen LogP contribution is -2.50. The van der Waals surface area contributed by atoms with Crippen LogP contribution < -0.4 is 31.3 Å². The van der Waals surface area contributed by atoms with Crippen LogP contribution in [-0.4, -0.2) is 112 Å². The van der Waals surface area contributed by atoms with Gasteiger partial charge in [-0.1, -0.05) is 42.5 Å². The first kappa shape index (κ1) is 48.9. The van der Waals surface area contributed by atoms with E-state index >= 15 is 0 Å². The minimum Gasteiger partial charge on any atom is -0.484 e. The second-order valence-corrected chi connectivity index (χ2v) is 13.7. The molecule has 0 spiro atoms. The van der Waals surface area contributed by atoms with Crippen molar-refractivity contribution in [2.24, 2.45) is 5.92 Å². The number of nitrogens with one attached hydrogen (secondary N) is 5. The van der Waals surface area contributed by atoms with E-state index in [-0.39, 0.29) is 56.4 Å². The van der Waals surface area contributed by atoms with Crippen LogP contribution in [0.15, 0.2) is 72.9 Å². The minimum absolute atomic E-state index is 0.0261. The molecule has 4 atom stereocenters. The predicted molar refractivity (Wildman–Crippen MR) is 213 cm³/mol. The average molecular weight is 866 g/mol. The maximum Gasteiger partial charge on any atom is 0.326 e. The Morgan fingerprint density at radius 3 is 2.10 bits per heavy atom. The highest BCUT2D eigenvalue weighted by Gasteiger charge is 2.25. The molecule has 2 aromatic carbocycles. The van der Waals surface area contributed by atoms with Gasteiger partial charge in [-0.05, 0) is 61.1 Å². The summed E-state index contributed by atoms with van der Waals surface area (Å²) in [7, 11) is 0. The molecule has 0 aliphatic rings. The number of hydrogen-bond donors (Lipinski definition) is 8. The van der Waals surface area contributed by atoms with E-state index in [4.69, 9.17) is 14.6 Å². The minimum atomic E-state index is -1.50. The molecule has 3 aromatic rings. The summed E-state index contributed by atoms with van der Waals surface area (Å²) in [4.78, 5) is 112. The molecular weight excluding hydrogens is 818 g/mol. The van der Waals surface area contributed by atoms with Crippen LogP contribution in [0.4, 0.5) is 9.18 Å². The van der Waals surface area contributed by atoms with Crippen LogP contribution in [0.25, 0.3) is 0 Å². The molecule has 1 heterocycles. The number of urea groups is 1. The fraction of sp³-hybridized carbons (Fsp3) is 0.366. The Hall–Kier alpha value is -7.45. The predicted octanol–water partition coefficient (Wildman–Crippen LogP) is 1.36. The van der Waals surface area contributed by atoms with Gasteiger partial charge in [0.15, 0.2) is 18.6 Å². The van der Waals surface area contributed by atoms with Crippen molar-refractivity contribution in [1.82, 2.24) is 31.6 Å². The third-order valence-electron chi connectivity index (χ3n) is 8.92. The van der Waals surface area contributed by atoms with Crippen molar-refractivity contribution < 1.29 is 72.3 Å². The van der Waals surface area contributed by atoms with Crippen LogP contribution in [0, 0.1) is 11.9 Å². The van der Waals surface area contributed by atoms with E-state index in [1.165, 1.54) is 18.2 Å². The van der Waals surface area contributed by atoms with E-state index < -0.39 is 97.2 Å². The van der Waals surface area contributed by atoms with Gasteiger partial charge in [-0.25, -0.2) is 14.6 Å². The summed E-state index contributed by atoms with van der Waals surface area (Å²) in [6.45, 7) is -0.696. The number of carboxylic acid groups (broad SMARTS) is 3. The van der Waals surface area contributed by atoms with Crippen molar-refractivity contribution in [3.8, 4) is 5.75 Å². The highest BCUT2D eigenvalue weighted by atomic mass is 18.2. The van der Waals surface area contributed by atoms with Crippen LogP contribution in [-0.2, 0) is 51.1 Å². The number of ketones is 1. The van der Waals surface area contributed by atoms with E-state index in [0.717, 1.165) is 17.8 Å². The van der Waals surface area contributed by atoms with Crippen molar-refractivity contribution in [1.29, 1.82) is 0 Å². The van der Waals surface area contributed by atoms with E-state index in [1.54, 1.807) is 42.5 Å². The van der Waals surface area contributed by atoms with Crippen LogP contribution in [0.3, 0.4) is 0 Å². The number of aromatic nitrogens is 1. The Kier molecular flexibility index (Phi) is 20.4. The number of benzene rings is 2. The molecule has 0 bridgehead atoms. The van der Waals surface area contributed by atoms with Gasteiger partial charge in [-0.3, -0.25) is 33.6 Å². The normalized spacial score (nSPS) is 12.5. The van der Waals surface area contributed by atoms with Crippen LogP contribution in [0.5, 0.6) is 5.75 Å². The van der Waals surface area contributed by atoms with Gasteiger partial charge in [-0.2, -0.15) is 4.39 Å². The van der Waals surface area contributed by atoms with Gasteiger partial charge < -0.3 is 51.4 Å². The Morgan fingerprint density at radius 2 is 1.47 bits per heavy atom. The molecule has 1 aromatic heterocycles. The number of carbonyl (C=O) groups excluding carboxylic acids is 6. The third-order valence-corrected chi connectivity index (χ3v) is 8.92. The van der Waals surface area contributed by atoms with Gasteiger partial charge in [0.25, 0.3) is 18.3 Å². The fourth-order valence-electron chi connectivity index (χ4n) is 5.74. The number of carboxylic acids is 3. The SMILES string of the molecule is O=CO[C@H](CCCCNC(=O)[C@H](Cc1ccccc1)NC(=O)COc1ccc(C[C@H](CC(=O)CNC(=O)c2ccc([18F])nc2)C(=O)O)cc1)NC(=O)N[C@@H](CCC(=O)O)C(=O)O. The smallest absolute Gasteiger partial charge is 0.326 e. The number of Topliss-reactive ketones (excluding diaryl/α,β-unsaturated/α-hetero) is 1. The summed E-state index contributed by atoms with van der Waals surface area (Å²) in [5, 5.41) is 40.0. The molecule has 62 heavy (non-hydrogen) atoms. The van der Waals surface area contributed by atoms with Crippen molar-refractivity contribution in [3.63, 3.8) is 0 Å². The lowest BCUT2D eigenvalue weighted by Gasteiger charge is -2.20. The summed E-state index contributed by atoms with van der Waals surface area (Å²) >= 11 is 0. The quantitative estimate of drug-likeness (QED) is 0.0221. The number of pyridine rings is 1. The molecule has 332 valence electrons. The first-order chi connectivity index (χ1) is 29.6. The van der Waals surface area contributed by atoms with E-state index in [1.807, 2.05) is 0 Å². The number of aliphatic carboxylic acids is 3. The molecule has 0 fully saturated rings. The van der Waals surface area contributed by atoms with Gasteiger partial charge in [0, 0.05) is 38.4 Å². The molecule has 0 aliphatic carbocycles. The van der Waals surface area contributed by atoms with Gasteiger partial charge >= 0.3 is 23.9 Å². The van der Waals surface area contributed by atoms with Crippen molar-refractivity contribution in [2.75, 3.05) is 19.7 Å². The van der Waals surface area contributed by atoms with E-state index in [0.29, 0.717) is 18.4 Å². The number of hydrogen-bond acceptors (Lipinski definition) is 12. The molecular formula is C41H47FN6O14. The molecule has 0 unspecified atom stereocenters. The number of carbonyl (C=O) groups is 9. The first-order valence-corrected chi connectivity index (χ1v) is 19.2. The molecule has 3 rings (SSSR count). The zero-order valence-corrected chi connectivity index (χ0v) is 33.3. The molecule has 0 radical (unpaired) electrons. The molecule has 0 saturated carbocycles. The average Bonchev–Trinajstić information content (AvgIpc) is 3.23. The Bertz CT molecular complexity index is 2000. The summed E-state index contributed by atoms with van der Waals surface area (Å²) in [5.74, 6) is -7.89. The molecule has 21 heteroatoms. The Morgan fingerprint density at radius 1 is 0.758 bits per heavy atom. The largest absolute Gasteiger partial charge is 0.484 e. The highest BCUT2D eigenvalue weighted by Crippen LogP contribution is 2.18. The Labute approximate surface area is 354 Å². The third kappa shape index (κ3) is 18.6. The molecule has 0 saturated heterocycles. The first-order valence-electron chi connectivity index (χ1n) is 19.2. The lowest BCUT2D eigenvalue weighted by molar-refractivity contribution is -0.143. The maximum atomic E-state index is 13.2. The fourth-order valence-corrected chi connectivity index (χ4v) is 5.74. The zero-order valence-electron chi connectivity index (χ0n) is 33.3. The second kappa shape index (κ2) is 25.9. The molecule has 5 amide bonds. The van der Waals surface area contributed by atoms with Crippen molar-refractivity contribution in [2.45, 2.75) is 69.7 Å². The van der Waals surface area contributed by atoms with Crippen LogP contribution in [0.1, 0.15) is 60.0 Å². The number of rotatable bonds is 28. The molecule has 20 nitrogen and oxygen atoms in total. The van der Waals surface area contributed by atoms with Crippen LogP contribution >= 0.6 is 0 Å². The van der Waals surface area contributed by atoms with E-state index in [2.05, 4.69) is 31.6 Å². The number of ether oxygens (including phenoxy) is 2. The van der Waals surface area contributed by atoms with Gasteiger partial charge in [0.05, 0.1) is 18.0 Å². The van der Waals surface area contributed by atoms with Crippen LogP contribution in [0.2, 0.25) is 0 Å². The number of nitrogens with zero attached hydrogens (tertiary/aromatic N) is 1. The van der Waals surface area contributed by atoms with Crippen molar-refractivity contribution in [3.05, 3.63) is 95.6 Å². The summed E-state index contributed by atoms with van der Waals surface area (Å²) in [5.41, 5.74) is 1.34. The van der Waals surface area contributed by atoms with Gasteiger partial charge in [0.2, 0.25) is 11.9 Å². The van der Waals surface area contributed by atoms with E-state index in [9.17, 15) is 57.8 Å².